The molecule has 1 heterocycles. The molecule has 6 nitrogen and oxygen atoms in total. The minimum Gasteiger partial charge on any atom is -0.379 e. The molecule has 0 saturated heterocycles. The smallest absolute Gasteiger partial charge is 0.229 e. The van der Waals surface area contributed by atoms with Gasteiger partial charge in [-0.1, -0.05) is 12.1 Å². The van der Waals surface area contributed by atoms with Crippen LogP contribution in [0.25, 0.3) is 0 Å². The van der Waals surface area contributed by atoms with Gasteiger partial charge in [-0.05, 0) is 23.8 Å². The largest absolute Gasteiger partial charge is 0.379 e. The summed E-state index contributed by atoms with van der Waals surface area (Å²) in [6, 6.07) is 11.0. The average molecular weight is 304 g/mol. The molecule has 0 aliphatic carbocycles. The number of sulfonamides is 1. The Morgan fingerprint density at radius 1 is 1.29 bits per heavy atom. The van der Waals surface area contributed by atoms with Crippen molar-refractivity contribution in [3.8, 4) is 6.07 Å². The standard InChI is InChI=1S/C14H16N4O2S/c1-18-10-11(7-12(18)8-15)9-16-13-5-3-4-6-14(13)17-21(2,19)20/h3-7,10,16-17H,9H2,1-2H3. The van der Waals surface area contributed by atoms with Gasteiger partial charge in [-0.15, -0.1) is 0 Å². The van der Waals surface area contributed by atoms with E-state index in [9.17, 15) is 8.42 Å². The monoisotopic (exact) mass is 304 g/mol. The molecule has 0 amide bonds. The van der Waals surface area contributed by atoms with E-state index in [1.54, 1.807) is 35.9 Å². The summed E-state index contributed by atoms with van der Waals surface area (Å²) in [4.78, 5) is 0. The van der Waals surface area contributed by atoms with Crippen LogP contribution in [-0.4, -0.2) is 19.2 Å². The van der Waals surface area contributed by atoms with Crippen LogP contribution in [0.1, 0.15) is 11.3 Å². The summed E-state index contributed by atoms with van der Waals surface area (Å²) in [5.74, 6) is 0. The number of para-hydroxylation sites is 2. The number of nitriles is 1. The molecular weight excluding hydrogens is 288 g/mol. The van der Waals surface area contributed by atoms with Crippen LogP contribution >= 0.6 is 0 Å². The Hall–Kier alpha value is -2.46. The highest BCUT2D eigenvalue weighted by Gasteiger charge is 2.07. The number of anilines is 2. The molecular formula is C14H16N4O2S. The van der Waals surface area contributed by atoms with Crippen molar-refractivity contribution in [2.24, 2.45) is 7.05 Å². The second-order valence-electron chi connectivity index (χ2n) is 4.73. The highest BCUT2D eigenvalue weighted by atomic mass is 32.2. The van der Waals surface area contributed by atoms with Crippen LogP contribution in [-0.2, 0) is 23.6 Å². The predicted molar refractivity (Wildman–Crippen MR) is 82.4 cm³/mol. The molecule has 1 aromatic heterocycles. The zero-order valence-corrected chi connectivity index (χ0v) is 12.6. The molecule has 2 rings (SSSR count). The summed E-state index contributed by atoms with van der Waals surface area (Å²) in [7, 11) is -1.52. The van der Waals surface area contributed by atoms with Crippen LogP contribution in [0.5, 0.6) is 0 Å². The van der Waals surface area contributed by atoms with Gasteiger partial charge in [0.2, 0.25) is 10.0 Å². The van der Waals surface area contributed by atoms with Crippen molar-refractivity contribution in [2.45, 2.75) is 6.54 Å². The third kappa shape index (κ3) is 4.00. The van der Waals surface area contributed by atoms with E-state index in [0.29, 0.717) is 23.6 Å². The Morgan fingerprint density at radius 2 is 1.95 bits per heavy atom. The number of nitrogens with zero attached hydrogens (tertiary/aromatic N) is 2. The molecule has 1 aromatic carbocycles. The first-order valence-electron chi connectivity index (χ1n) is 6.25. The molecule has 0 aliphatic heterocycles. The van der Waals surface area contributed by atoms with Crippen LogP contribution in [0.2, 0.25) is 0 Å². The maximum absolute atomic E-state index is 11.3. The van der Waals surface area contributed by atoms with E-state index in [4.69, 9.17) is 5.26 Å². The van der Waals surface area contributed by atoms with Gasteiger partial charge in [-0.25, -0.2) is 8.42 Å². The number of hydrogen-bond acceptors (Lipinski definition) is 4. The summed E-state index contributed by atoms with van der Waals surface area (Å²) in [5.41, 5.74) is 2.71. The first-order valence-corrected chi connectivity index (χ1v) is 8.14. The highest BCUT2D eigenvalue weighted by Crippen LogP contribution is 2.22. The molecule has 2 N–H and O–H groups in total. The number of nitrogens with one attached hydrogen (secondary N) is 2. The van der Waals surface area contributed by atoms with Crippen LogP contribution in [0.4, 0.5) is 11.4 Å². The van der Waals surface area contributed by atoms with E-state index in [-0.39, 0.29) is 0 Å². The SMILES string of the molecule is Cn1cc(CNc2ccccc2NS(C)(=O)=O)cc1C#N. The van der Waals surface area contributed by atoms with Crippen molar-refractivity contribution in [3.63, 3.8) is 0 Å². The Bertz CT molecular complexity index is 788. The van der Waals surface area contributed by atoms with Crippen LogP contribution in [0.3, 0.4) is 0 Å². The summed E-state index contributed by atoms with van der Waals surface area (Å²) in [6.45, 7) is 0.498. The molecule has 21 heavy (non-hydrogen) atoms. The van der Waals surface area contributed by atoms with Gasteiger partial charge in [0.25, 0.3) is 0 Å². The topological polar surface area (TPSA) is 86.9 Å². The third-order valence-corrected chi connectivity index (χ3v) is 3.47. The summed E-state index contributed by atoms with van der Waals surface area (Å²) in [6.07, 6.45) is 2.97. The first-order chi connectivity index (χ1) is 9.89. The Labute approximate surface area is 124 Å². The van der Waals surface area contributed by atoms with E-state index in [1.165, 1.54) is 0 Å². The third-order valence-electron chi connectivity index (χ3n) is 2.88. The molecule has 0 saturated carbocycles. The molecule has 0 radical (unpaired) electrons. The molecule has 0 bridgehead atoms. The van der Waals surface area contributed by atoms with E-state index >= 15 is 0 Å². The average Bonchev–Trinajstić information content (AvgIpc) is 2.76. The van der Waals surface area contributed by atoms with Gasteiger partial charge in [-0.2, -0.15) is 5.26 Å². The van der Waals surface area contributed by atoms with Crippen LogP contribution in [0.15, 0.2) is 36.5 Å². The maximum atomic E-state index is 11.3. The lowest BCUT2D eigenvalue weighted by Crippen LogP contribution is -2.11. The number of aryl methyl sites for hydroxylation is 1. The molecule has 0 aliphatic rings. The summed E-state index contributed by atoms with van der Waals surface area (Å²) in [5, 5.41) is 12.1. The summed E-state index contributed by atoms with van der Waals surface area (Å²) < 4.78 is 26.9. The molecule has 0 unspecified atom stereocenters. The fraction of sp³-hybridized carbons (Fsp3) is 0.214. The van der Waals surface area contributed by atoms with E-state index in [1.807, 2.05) is 12.3 Å². The lowest BCUT2D eigenvalue weighted by Gasteiger charge is -2.12. The van der Waals surface area contributed by atoms with Gasteiger partial charge in [0.15, 0.2) is 0 Å². The molecule has 2 aromatic rings. The van der Waals surface area contributed by atoms with E-state index < -0.39 is 10.0 Å². The molecule has 110 valence electrons. The lowest BCUT2D eigenvalue weighted by molar-refractivity contribution is 0.607. The number of aromatic nitrogens is 1. The number of hydrogen-bond donors (Lipinski definition) is 2. The minimum atomic E-state index is -3.33. The molecule has 0 atom stereocenters. The Morgan fingerprint density at radius 3 is 2.52 bits per heavy atom. The second-order valence-corrected chi connectivity index (χ2v) is 6.48. The molecule has 0 fully saturated rings. The van der Waals surface area contributed by atoms with Crippen molar-refractivity contribution < 1.29 is 8.42 Å². The normalized spacial score (nSPS) is 10.9. The van der Waals surface area contributed by atoms with Crippen LogP contribution in [0, 0.1) is 11.3 Å². The molecule has 7 heteroatoms. The Balaban J connectivity index is 2.15. The van der Waals surface area contributed by atoms with E-state index in [2.05, 4.69) is 16.1 Å². The fourth-order valence-corrected chi connectivity index (χ4v) is 2.54. The second kappa shape index (κ2) is 5.89. The predicted octanol–water partition coefficient (Wildman–Crippen LogP) is 1.88. The number of rotatable bonds is 5. The summed E-state index contributed by atoms with van der Waals surface area (Å²) >= 11 is 0. The van der Waals surface area contributed by atoms with Crippen molar-refractivity contribution >= 4 is 21.4 Å². The highest BCUT2D eigenvalue weighted by molar-refractivity contribution is 7.92. The van der Waals surface area contributed by atoms with Gasteiger partial charge in [-0.3, -0.25) is 4.72 Å². The quantitative estimate of drug-likeness (QED) is 0.883. The first kappa shape index (κ1) is 14.9. The zero-order valence-electron chi connectivity index (χ0n) is 11.8. The van der Waals surface area contributed by atoms with Crippen molar-refractivity contribution in [2.75, 3.05) is 16.3 Å². The fourth-order valence-electron chi connectivity index (χ4n) is 1.96. The molecule has 0 spiro atoms. The van der Waals surface area contributed by atoms with Gasteiger partial charge < -0.3 is 9.88 Å². The van der Waals surface area contributed by atoms with Gasteiger partial charge in [0.1, 0.15) is 11.8 Å². The zero-order chi connectivity index (χ0) is 15.5. The van der Waals surface area contributed by atoms with Gasteiger partial charge in [0, 0.05) is 19.8 Å². The lowest BCUT2D eigenvalue weighted by atomic mass is 10.2. The maximum Gasteiger partial charge on any atom is 0.229 e. The van der Waals surface area contributed by atoms with Gasteiger partial charge in [0.05, 0.1) is 17.6 Å². The number of benzene rings is 1. The van der Waals surface area contributed by atoms with Crippen molar-refractivity contribution in [1.29, 1.82) is 5.26 Å². The van der Waals surface area contributed by atoms with Crippen LogP contribution < -0.4 is 10.0 Å². The van der Waals surface area contributed by atoms with Gasteiger partial charge >= 0.3 is 0 Å². The van der Waals surface area contributed by atoms with Crippen molar-refractivity contribution in [1.82, 2.24) is 4.57 Å². The minimum absolute atomic E-state index is 0.497. The Kier molecular flexibility index (Phi) is 4.19. The van der Waals surface area contributed by atoms with Crippen molar-refractivity contribution in [3.05, 3.63) is 47.8 Å². The van der Waals surface area contributed by atoms with E-state index in [0.717, 1.165) is 11.8 Å².